The van der Waals surface area contributed by atoms with Crippen molar-refractivity contribution >= 4 is 5.91 Å². The molecule has 2 heterocycles. The molecule has 27 heavy (non-hydrogen) atoms. The largest absolute Gasteiger partial charge is 0.421 e. The number of carbonyl (C=O) groups excluding carboxylic acids is 1. The Morgan fingerprint density at radius 3 is 2.37 bits per heavy atom. The van der Waals surface area contributed by atoms with Gasteiger partial charge >= 0.3 is 6.18 Å². The van der Waals surface area contributed by atoms with E-state index in [4.69, 9.17) is 4.52 Å². The second-order valence-electron chi connectivity index (χ2n) is 7.70. The number of amides is 1. The number of hydrogen-bond acceptors (Lipinski definition) is 5. The van der Waals surface area contributed by atoms with E-state index in [9.17, 15) is 22.8 Å². The minimum Gasteiger partial charge on any atom is -0.342 e. The first-order valence-electron chi connectivity index (χ1n) is 8.14. The molecule has 0 fully saturated rings. The predicted molar refractivity (Wildman–Crippen MR) is 89.9 cm³/mol. The lowest BCUT2D eigenvalue weighted by Gasteiger charge is -2.23. The average molecular weight is 386 g/mol. The molecule has 0 saturated heterocycles. The van der Waals surface area contributed by atoms with Gasteiger partial charge in [-0.15, -0.1) is 0 Å². The Bertz CT molecular complexity index is 892. The van der Waals surface area contributed by atoms with Gasteiger partial charge in [0, 0.05) is 11.6 Å². The van der Waals surface area contributed by atoms with Crippen molar-refractivity contribution in [3.63, 3.8) is 0 Å². The molecule has 2 aromatic rings. The third-order valence-corrected chi connectivity index (χ3v) is 3.72. The van der Waals surface area contributed by atoms with E-state index < -0.39 is 35.3 Å². The number of pyridine rings is 1. The summed E-state index contributed by atoms with van der Waals surface area (Å²) in [5, 5.41) is 6.47. The summed E-state index contributed by atoms with van der Waals surface area (Å²) in [5.74, 6) is -0.0605. The molecule has 2 aromatic heterocycles. The molecule has 0 bridgehead atoms. The standard InChI is InChI=1S/C17H21F3N4O3/c1-15(2,3)14-21-13(23-27-14)16(4,5)22-11(25)9-24-8-6-7-10(12(24)26)17(18,19)20/h6-8H,9H2,1-5H3,(H,22,25). The van der Waals surface area contributed by atoms with Gasteiger partial charge in [0.1, 0.15) is 12.1 Å². The van der Waals surface area contributed by atoms with E-state index in [1.165, 1.54) is 0 Å². The number of hydrogen-bond donors (Lipinski definition) is 1. The highest BCUT2D eigenvalue weighted by atomic mass is 19.4. The fourth-order valence-electron chi connectivity index (χ4n) is 2.26. The molecule has 1 N–H and O–H groups in total. The Balaban J connectivity index is 2.18. The molecule has 7 nitrogen and oxygen atoms in total. The van der Waals surface area contributed by atoms with E-state index in [-0.39, 0.29) is 11.2 Å². The summed E-state index contributed by atoms with van der Waals surface area (Å²) in [6.07, 6.45) is -3.67. The lowest BCUT2D eigenvalue weighted by molar-refractivity contribution is -0.139. The molecule has 0 radical (unpaired) electrons. The summed E-state index contributed by atoms with van der Waals surface area (Å²) in [6.45, 7) is 8.33. The van der Waals surface area contributed by atoms with Crippen molar-refractivity contribution in [1.29, 1.82) is 0 Å². The predicted octanol–water partition coefficient (Wildman–Crippen LogP) is 2.60. The Morgan fingerprint density at radius 2 is 1.85 bits per heavy atom. The summed E-state index contributed by atoms with van der Waals surface area (Å²) in [4.78, 5) is 28.5. The fraction of sp³-hybridized carbons (Fsp3) is 0.529. The van der Waals surface area contributed by atoms with Gasteiger partial charge in [-0.05, 0) is 26.0 Å². The zero-order valence-corrected chi connectivity index (χ0v) is 15.6. The van der Waals surface area contributed by atoms with Crippen LogP contribution in [0.25, 0.3) is 0 Å². The zero-order valence-electron chi connectivity index (χ0n) is 15.6. The van der Waals surface area contributed by atoms with Crippen molar-refractivity contribution in [2.24, 2.45) is 0 Å². The SMILES string of the molecule is CC(C)(C)c1nc(C(C)(C)NC(=O)Cn2cccc(C(F)(F)F)c2=O)no1. The summed E-state index contributed by atoms with van der Waals surface area (Å²) in [7, 11) is 0. The van der Waals surface area contributed by atoms with Gasteiger partial charge in [0.2, 0.25) is 11.8 Å². The molecule has 0 saturated carbocycles. The molecule has 0 atom stereocenters. The zero-order chi connectivity index (χ0) is 20.6. The van der Waals surface area contributed by atoms with Crippen LogP contribution < -0.4 is 10.9 Å². The van der Waals surface area contributed by atoms with Gasteiger partial charge in [0.25, 0.3) is 5.56 Å². The summed E-state index contributed by atoms with van der Waals surface area (Å²) < 4.78 is 44.3. The maximum atomic E-state index is 12.8. The van der Waals surface area contributed by atoms with Crippen LogP contribution in [0.3, 0.4) is 0 Å². The van der Waals surface area contributed by atoms with E-state index in [2.05, 4.69) is 15.5 Å². The molecule has 0 unspecified atom stereocenters. The Hall–Kier alpha value is -2.65. The Kier molecular flexibility index (Phi) is 5.22. The first kappa shape index (κ1) is 20.7. The number of carbonyl (C=O) groups is 1. The third kappa shape index (κ3) is 4.75. The van der Waals surface area contributed by atoms with Crippen LogP contribution in [-0.2, 0) is 28.5 Å². The van der Waals surface area contributed by atoms with Crippen LogP contribution >= 0.6 is 0 Å². The van der Waals surface area contributed by atoms with Crippen LogP contribution in [0.15, 0.2) is 27.6 Å². The molecule has 2 rings (SSSR count). The van der Waals surface area contributed by atoms with E-state index in [1.54, 1.807) is 13.8 Å². The molecular formula is C17H21F3N4O3. The molecule has 0 aliphatic carbocycles. The maximum absolute atomic E-state index is 12.8. The van der Waals surface area contributed by atoms with Crippen LogP contribution in [0.4, 0.5) is 13.2 Å². The second-order valence-corrected chi connectivity index (χ2v) is 7.70. The van der Waals surface area contributed by atoms with Gasteiger partial charge in [0.05, 0.1) is 5.54 Å². The van der Waals surface area contributed by atoms with Crippen molar-refractivity contribution in [3.05, 3.63) is 46.0 Å². The highest BCUT2D eigenvalue weighted by Gasteiger charge is 2.35. The summed E-state index contributed by atoms with van der Waals surface area (Å²) in [5.41, 5.74) is -4.04. The molecule has 0 aliphatic rings. The van der Waals surface area contributed by atoms with Gasteiger partial charge in [-0.2, -0.15) is 18.2 Å². The van der Waals surface area contributed by atoms with Crippen LogP contribution in [0.5, 0.6) is 0 Å². The molecular weight excluding hydrogens is 365 g/mol. The van der Waals surface area contributed by atoms with E-state index >= 15 is 0 Å². The van der Waals surface area contributed by atoms with Crippen molar-refractivity contribution in [1.82, 2.24) is 20.0 Å². The molecule has 1 amide bonds. The van der Waals surface area contributed by atoms with Crippen LogP contribution in [0.2, 0.25) is 0 Å². The van der Waals surface area contributed by atoms with Crippen molar-refractivity contribution in [2.75, 3.05) is 0 Å². The highest BCUT2D eigenvalue weighted by Crippen LogP contribution is 2.26. The number of nitrogens with one attached hydrogen (secondary N) is 1. The first-order chi connectivity index (χ1) is 12.2. The Morgan fingerprint density at radius 1 is 1.22 bits per heavy atom. The minimum atomic E-state index is -4.79. The van der Waals surface area contributed by atoms with E-state index in [0.717, 1.165) is 12.3 Å². The van der Waals surface area contributed by atoms with E-state index in [0.29, 0.717) is 16.5 Å². The fourth-order valence-corrected chi connectivity index (χ4v) is 2.26. The smallest absolute Gasteiger partial charge is 0.342 e. The topological polar surface area (TPSA) is 90.0 Å². The van der Waals surface area contributed by atoms with Crippen LogP contribution in [-0.4, -0.2) is 20.6 Å². The Labute approximate surface area is 153 Å². The highest BCUT2D eigenvalue weighted by molar-refractivity contribution is 5.76. The molecule has 0 aliphatic heterocycles. The van der Waals surface area contributed by atoms with E-state index in [1.807, 2.05) is 20.8 Å². The van der Waals surface area contributed by atoms with Crippen LogP contribution in [0, 0.1) is 0 Å². The quantitative estimate of drug-likeness (QED) is 0.872. The van der Waals surface area contributed by atoms with Gasteiger partial charge < -0.3 is 14.4 Å². The summed E-state index contributed by atoms with van der Waals surface area (Å²) >= 11 is 0. The van der Waals surface area contributed by atoms with Crippen molar-refractivity contribution in [2.45, 2.75) is 58.3 Å². The molecule has 10 heteroatoms. The number of halogens is 3. The number of alkyl halides is 3. The first-order valence-corrected chi connectivity index (χ1v) is 8.14. The number of rotatable bonds is 4. The summed E-state index contributed by atoms with van der Waals surface area (Å²) in [6, 6.07) is 1.74. The van der Waals surface area contributed by atoms with Crippen LogP contribution in [0.1, 0.15) is 51.9 Å². The van der Waals surface area contributed by atoms with Crippen molar-refractivity contribution in [3.8, 4) is 0 Å². The third-order valence-electron chi connectivity index (χ3n) is 3.72. The molecule has 148 valence electrons. The maximum Gasteiger partial charge on any atom is 0.421 e. The minimum absolute atomic E-state index is 0.220. The second kappa shape index (κ2) is 6.82. The van der Waals surface area contributed by atoms with Gasteiger partial charge in [0.15, 0.2) is 5.82 Å². The lowest BCUT2D eigenvalue weighted by atomic mass is 9.97. The lowest BCUT2D eigenvalue weighted by Crippen LogP contribution is -2.44. The molecule has 0 spiro atoms. The number of aromatic nitrogens is 3. The average Bonchev–Trinajstić information content (AvgIpc) is 2.98. The normalized spacial score (nSPS) is 12.9. The molecule has 0 aromatic carbocycles. The number of nitrogens with zero attached hydrogens (tertiary/aromatic N) is 3. The van der Waals surface area contributed by atoms with Gasteiger partial charge in [-0.1, -0.05) is 25.9 Å². The van der Waals surface area contributed by atoms with Crippen molar-refractivity contribution < 1.29 is 22.5 Å². The van der Waals surface area contributed by atoms with Gasteiger partial charge in [-0.25, -0.2) is 0 Å². The van der Waals surface area contributed by atoms with Gasteiger partial charge in [-0.3, -0.25) is 9.59 Å². The monoisotopic (exact) mass is 386 g/mol.